The molecule has 0 aliphatic heterocycles. The molecule has 0 bridgehead atoms. The van der Waals surface area contributed by atoms with E-state index in [1.165, 1.54) is 24.3 Å². The molecule has 0 saturated heterocycles. The minimum absolute atomic E-state index is 0.00892. The maximum Gasteiger partial charge on any atom is 0.326 e. The topological polar surface area (TPSA) is 342 Å². The first kappa shape index (κ1) is 49.0. The number of hydrogen-bond donors (Lipinski definition) is 12. The van der Waals surface area contributed by atoms with Gasteiger partial charge in [0, 0.05) is 6.42 Å². The molecule has 2 aromatic carbocycles. The van der Waals surface area contributed by atoms with E-state index in [0.717, 1.165) is 5.56 Å². The highest BCUT2D eigenvalue weighted by Crippen LogP contribution is 2.13. The third-order valence-corrected chi connectivity index (χ3v) is 9.27. The van der Waals surface area contributed by atoms with Gasteiger partial charge in [0.2, 0.25) is 35.4 Å². The van der Waals surface area contributed by atoms with Crippen LogP contribution >= 0.6 is 0 Å². The van der Waals surface area contributed by atoms with Crippen LogP contribution < -0.4 is 43.4 Å². The summed E-state index contributed by atoms with van der Waals surface area (Å²) in [5, 5.41) is 52.7. The molecule has 6 amide bonds. The number of amides is 6. The first-order chi connectivity index (χ1) is 28.0. The zero-order valence-corrected chi connectivity index (χ0v) is 33.0. The van der Waals surface area contributed by atoms with E-state index >= 15 is 0 Å². The lowest BCUT2D eigenvalue weighted by Gasteiger charge is -2.27. The number of carboxylic acids is 2. The van der Waals surface area contributed by atoms with Crippen molar-refractivity contribution in [3.63, 3.8) is 0 Å². The van der Waals surface area contributed by atoms with Crippen molar-refractivity contribution < 1.29 is 58.8 Å². The Morgan fingerprint density at radius 2 is 1.27 bits per heavy atom. The number of benzene rings is 2. The molecular weight excluding hydrogens is 772 g/mol. The largest absolute Gasteiger partial charge is 0.508 e. The lowest BCUT2D eigenvalue weighted by Crippen LogP contribution is -2.60. The lowest BCUT2D eigenvalue weighted by atomic mass is 9.97. The number of nitrogens with one attached hydrogen (secondary N) is 6. The van der Waals surface area contributed by atoms with Crippen molar-refractivity contribution in [2.24, 2.45) is 17.4 Å². The van der Waals surface area contributed by atoms with Crippen molar-refractivity contribution in [3.8, 4) is 5.75 Å². The summed E-state index contributed by atoms with van der Waals surface area (Å²) >= 11 is 0. The maximum absolute atomic E-state index is 13.4. The molecule has 0 spiro atoms. The summed E-state index contributed by atoms with van der Waals surface area (Å²) in [4.78, 5) is 102. The summed E-state index contributed by atoms with van der Waals surface area (Å²) in [6.07, 6.45) is 0.261. The van der Waals surface area contributed by atoms with E-state index in [1.807, 2.05) is 6.07 Å². The molecule has 2 rings (SSSR count). The number of carboxylic acid groups (broad SMARTS) is 2. The van der Waals surface area contributed by atoms with E-state index in [0.29, 0.717) is 24.8 Å². The van der Waals surface area contributed by atoms with Crippen LogP contribution in [0.2, 0.25) is 0 Å². The number of aromatic hydroxyl groups is 1. The van der Waals surface area contributed by atoms with Crippen LogP contribution in [0.15, 0.2) is 54.6 Å². The molecule has 0 aromatic heterocycles. The second-order valence-electron chi connectivity index (χ2n) is 14.0. The number of rotatable bonds is 26. The van der Waals surface area contributed by atoms with Crippen molar-refractivity contribution in [2.45, 2.75) is 95.0 Å². The van der Waals surface area contributed by atoms with Gasteiger partial charge in [-0.05, 0) is 61.4 Å². The fraction of sp³-hybridized carbons (Fsp3) is 0.487. The first-order valence-corrected chi connectivity index (χ1v) is 19.1. The number of nitrogens with two attached hydrogens (primary N) is 2. The van der Waals surface area contributed by atoms with Crippen LogP contribution in [-0.4, -0.2) is 124 Å². The van der Waals surface area contributed by atoms with Gasteiger partial charge in [0.1, 0.15) is 36.0 Å². The highest BCUT2D eigenvalue weighted by molar-refractivity contribution is 5.97. The Hall–Kier alpha value is -6.12. The maximum atomic E-state index is 13.4. The van der Waals surface area contributed by atoms with Gasteiger partial charge in [-0.1, -0.05) is 62.7 Å². The average Bonchev–Trinajstić information content (AvgIpc) is 3.20. The highest BCUT2D eigenvalue weighted by atomic mass is 16.4. The minimum Gasteiger partial charge on any atom is -0.508 e. The highest BCUT2D eigenvalue weighted by Gasteiger charge is 2.33. The van der Waals surface area contributed by atoms with Gasteiger partial charge in [-0.15, -0.1) is 0 Å². The minimum atomic E-state index is -1.75. The number of carbonyl (C=O) groups excluding carboxylic acids is 6. The zero-order valence-electron chi connectivity index (χ0n) is 33.0. The van der Waals surface area contributed by atoms with Gasteiger partial charge >= 0.3 is 11.9 Å². The zero-order chi connectivity index (χ0) is 44.1. The van der Waals surface area contributed by atoms with Gasteiger partial charge in [-0.2, -0.15) is 0 Å². The molecule has 0 fully saturated rings. The van der Waals surface area contributed by atoms with Crippen LogP contribution in [-0.2, 0) is 51.2 Å². The Balaban J connectivity index is 2.09. The molecule has 7 unspecified atom stereocenters. The van der Waals surface area contributed by atoms with Crippen LogP contribution in [0.1, 0.15) is 57.1 Å². The third-order valence-electron chi connectivity index (χ3n) is 9.27. The van der Waals surface area contributed by atoms with E-state index in [2.05, 4.69) is 31.9 Å². The number of unbranched alkanes of at least 4 members (excludes halogenated alkanes) is 1. The van der Waals surface area contributed by atoms with Gasteiger partial charge < -0.3 is 63.8 Å². The molecule has 20 heteroatoms. The Labute approximate surface area is 341 Å². The van der Waals surface area contributed by atoms with E-state index < -0.39 is 109 Å². The Kier molecular flexibility index (Phi) is 21.0. The molecule has 2 aromatic rings. The number of carbonyl (C=O) groups is 8. The summed E-state index contributed by atoms with van der Waals surface area (Å²) in [7, 11) is 0. The van der Waals surface area contributed by atoms with Gasteiger partial charge in [-0.25, -0.2) is 4.79 Å². The van der Waals surface area contributed by atoms with Crippen molar-refractivity contribution in [2.75, 3.05) is 19.7 Å². The summed E-state index contributed by atoms with van der Waals surface area (Å²) in [6, 6.07) is 6.20. The molecular formula is C39H56N8O12. The van der Waals surface area contributed by atoms with Crippen LogP contribution in [0, 0.1) is 5.92 Å². The molecule has 0 aliphatic rings. The van der Waals surface area contributed by atoms with Gasteiger partial charge in [0.25, 0.3) is 0 Å². The van der Waals surface area contributed by atoms with E-state index in [1.54, 1.807) is 38.1 Å². The molecule has 0 aliphatic carbocycles. The summed E-state index contributed by atoms with van der Waals surface area (Å²) in [6.45, 7) is 2.06. The molecule has 324 valence electrons. The molecule has 20 nitrogen and oxygen atoms in total. The standard InChI is InChI=1S/C39H56N8O12/c1-3-22(2)33(47-34(53)26(41)17-23-9-5-4-6-10-23)38(57)46-30(21-48)37(56)44-27(11-7-8-16-40)35(54)42-20-31(50)43-28(19-32(51)52)36(55)45-29(39(58)59)18-24-12-14-25(49)15-13-24/h4-6,9-10,12-15,22,26-30,33,48-49H,3,7-8,11,16-21,40-41H2,1-2H3,(H,42,54)(H,43,50)(H,44,56)(H,45,55)(H,46,57)(H,47,53)(H,51,52)(H,58,59). The van der Waals surface area contributed by atoms with Crippen LogP contribution in [0.4, 0.5) is 0 Å². The van der Waals surface area contributed by atoms with Crippen molar-refractivity contribution in [1.29, 1.82) is 0 Å². The molecule has 0 heterocycles. The lowest BCUT2D eigenvalue weighted by molar-refractivity contribution is -0.143. The SMILES string of the molecule is CCC(C)C(NC(=O)C(N)Cc1ccccc1)C(=O)NC(CO)C(=O)NC(CCCCN)C(=O)NCC(=O)NC(CC(=O)O)C(=O)NC(Cc1ccc(O)cc1)C(=O)O. The number of aliphatic hydroxyl groups is 1. The molecule has 59 heavy (non-hydrogen) atoms. The van der Waals surface area contributed by atoms with Crippen molar-refractivity contribution >= 4 is 47.4 Å². The fourth-order valence-electron chi connectivity index (χ4n) is 5.67. The number of phenolic OH excluding ortho intramolecular Hbond substituents is 1. The second kappa shape index (κ2) is 25.3. The smallest absolute Gasteiger partial charge is 0.326 e. The Bertz CT molecular complexity index is 1730. The summed E-state index contributed by atoms with van der Waals surface area (Å²) in [5.41, 5.74) is 12.9. The van der Waals surface area contributed by atoms with Crippen LogP contribution in [0.25, 0.3) is 0 Å². The van der Waals surface area contributed by atoms with E-state index in [4.69, 9.17) is 11.5 Å². The average molecular weight is 829 g/mol. The molecule has 7 atom stereocenters. The van der Waals surface area contributed by atoms with E-state index in [-0.39, 0.29) is 31.6 Å². The van der Waals surface area contributed by atoms with Crippen molar-refractivity contribution in [1.82, 2.24) is 31.9 Å². The second-order valence-corrected chi connectivity index (χ2v) is 14.0. The predicted molar refractivity (Wildman–Crippen MR) is 212 cm³/mol. The predicted octanol–water partition coefficient (Wildman–Crippen LogP) is -2.23. The quantitative estimate of drug-likeness (QED) is 0.0447. The van der Waals surface area contributed by atoms with Crippen molar-refractivity contribution in [3.05, 3.63) is 65.7 Å². The summed E-state index contributed by atoms with van der Waals surface area (Å²) in [5.74, 6) is -8.85. The molecule has 0 radical (unpaired) electrons. The number of aliphatic hydroxyl groups excluding tert-OH is 1. The van der Waals surface area contributed by atoms with Gasteiger partial charge in [-0.3, -0.25) is 33.6 Å². The van der Waals surface area contributed by atoms with Crippen LogP contribution in [0.3, 0.4) is 0 Å². The normalized spacial score (nSPS) is 14.5. The molecule has 0 saturated carbocycles. The number of phenols is 1. The molecule has 14 N–H and O–H groups in total. The Morgan fingerprint density at radius 1 is 0.678 bits per heavy atom. The van der Waals surface area contributed by atoms with Crippen LogP contribution in [0.5, 0.6) is 5.75 Å². The Morgan fingerprint density at radius 3 is 1.85 bits per heavy atom. The summed E-state index contributed by atoms with van der Waals surface area (Å²) < 4.78 is 0. The van der Waals surface area contributed by atoms with E-state index in [9.17, 15) is 58.8 Å². The fourth-order valence-corrected chi connectivity index (χ4v) is 5.67. The first-order valence-electron chi connectivity index (χ1n) is 19.1. The third kappa shape index (κ3) is 17.5. The monoisotopic (exact) mass is 828 g/mol. The van der Waals surface area contributed by atoms with Gasteiger partial charge in [0.15, 0.2) is 0 Å². The number of aliphatic carboxylic acids is 2. The van der Waals surface area contributed by atoms with Gasteiger partial charge in [0.05, 0.1) is 25.6 Å². The number of hydrogen-bond acceptors (Lipinski definition) is 12.